The molecule has 6 heteroatoms. The number of nitrogens with one attached hydrogen (secondary N) is 1. The molecule has 102 valence electrons. The van der Waals surface area contributed by atoms with E-state index in [2.05, 4.69) is 27.8 Å². The van der Waals surface area contributed by atoms with Crippen molar-refractivity contribution in [2.45, 2.75) is 0 Å². The van der Waals surface area contributed by atoms with Gasteiger partial charge in [0.1, 0.15) is 11.6 Å². The Labute approximate surface area is 124 Å². The minimum absolute atomic E-state index is 0.00594. The highest BCUT2D eigenvalue weighted by Gasteiger charge is 2.16. The number of benzene rings is 1. The average Bonchev–Trinajstić information content (AvgIpc) is 2.88. The molecule has 0 spiro atoms. The van der Waals surface area contributed by atoms with Crippen LogP contribution in [-0.4, -0.2) is 19.2 Å². The molecule has 1 aliphatic rings. The van der Waals surface area contributed by atoms with Crippen LogP contribution in [0.25, 0.3) is 6.08 Å². The van der Waals surface area contributed by atoms with Crippen molar-refractivity contribution in [1.29, 1.82) is 5.26 Å². The fourth-order valence-electron chi connectivity index (χ4n) is 1.61. The van der Waals surface area contributed by atoms with Gasteiger partial charge in [0.05, 0.1) is 0 Å². The smallest absolute Gasteiger partial charge is 0.262 e. The Bertz CT molecular complexity index is 632. The van der Waals surface area contributed by atoms with Crippen molar-refractivity contribution in [1.82, 2.24) is 5.32 Å². The second-order valence-electron chi connectivity index (χ2n) is 3.90. The van der Waals surface area contributed by atoms with Crippen molar-refractivity contribution in [3.05, 3.63) is 40.4 Å². The number of carbonyl (C=O) groups excluding carboxylic acids is 1. The summed E-state index contributed by atoms with van der Waals surface area (Å²) in [7, 11) is 0. The minimum atomic E-state index is -0.447. The molecule has 1 N–H and O–H groups in total. The lowest BCUT2D eigenvalue weighted by molar-refractivity contribution is -0.116. The second-order valence-corrected chi connectivity index (χ2v) is 4.75. The quantitative estimate of drug-likeness (QED) is 0.521. The first-order valence-corrected chi connectivity index (χ1v) is 6.55. The van der Waals surface area contributed by atoms with Crippen LogP contribution in [-0.2, 0) is 4.79 Å². The van der Waals surface area contributed by atoms with Gasteiger partial charge in [0.25, 0.3) is 5.91 Å². The molecule has 0 aliphatic carbocycles. The summed E-state index contributed by atoms with van der Waals surface area (Å²) in [4.78, 5) is 11.8. The Morgan fingerprint density at radius 3 is 2.85 bits per heavy atom. The molecule has 1 aromatic rings. The zero-order valence-electron chi connectivity index (χ0n) is 10.5. The van der Waals surface area contributed by atoms with Gasteiger partial charge in [-0.1, -0.05) is 22.0 Å². The predicted molar refractivity (Wildman–Crippen MR) is 77.1 cm³/mol. The lowest BCUT2D eigenvalue weighted by atomic mass is 10.1. The van der Waals surface area contributed by atoms with E-state index in [0.29, 0.717) is 28.1 Å². The number of nitrogens with zero attached hydrogens (tertiary/aromatic N) is 1. The topological polar surface area (TPSA) is 71.4 Å². The number of nitriles is 1. The Balaban J connectivity index is 2.31. The number of ether oxygens (including phenoxy) is 2. The maximum absolute atomic E-state index is 11.8. The predicted octanol–water partition coefficient (Wildman–Crippen LogP) is 2.39. The molecule has 1 heterocycles. The summed E-state index contributed by atoms with van der Waals surface area (Å²) in [5, 5.41) is 11.6. The normalized spacial score (nSPS) is 12.7. The average molecular weight is 335 g/mol. The van der Waals surface area contributed by atoms with Gasteiger partial charge >= 0.3 is 0 Å². The third kappa shape index (κ3) is 3.00. The Morgan fingerprint density at radius 2 is 2.20 bits per heavy atom. The molecule has 0 unspecified atom stereocenters. The zero-order chi connectivity index (χ0) is 14.5. The van der Waals surface area contributed by atoms with Crippen LogP contribution >= 0.6 is 15.9 Å². The molecule has 1 amide bonds. The SMILES string of the molecule is C=CCNC(=O)/C(C#N)=C/c1cc2c(cc1Br)OCO2. The highest BCUT2D eigenvalue weighted by molar-refractivity contribution is 9.10. The minimum Gasteiger partial charge on any atom is -0.454 e. The molecule has 0 aromatic heterocycles. The number of carbonyl (C=O) groups is 1. The molecule has 0 bridgehead atoms. The zero-order valence-corrected chi connectivity index (χ0v) is 12.1. The fraction of sp³-hybridized carbons (Fsp3) is 0.143. The van der Waals surface area contributed by atoms with E-state index in [1.807, 2.05) is 6.07 Å². The van der Waals surface area contributed by atoms with Crippen molar-refractivity contribution in [3.8, 4) is 17.6 Å². The van der Waals surface area contributed by atoms with Crippen LogP contribution in [0.3, 0.4) is 0 Å². The van der Waals surface area contributed by atoms with Gasteiger partial charge in [0, 0.05) is 11.0 Å². The second kappa shape index (κ2) is 6.26. The number of halogens is 1. The van der Waals surface area contributed by atoms with E-state index >= 15 is 0 Å². The van der Waals surface area contributed by atoms with E-state index in [4.69, 9.17) is 14.7 Å². The van der Waals surface area contributed by atoms with Crippen LogP contribution in [0.2, 0.25) is 0 Å². The van der Waals surface area contributed by atoms with E-state index in [1.165, 1.54) is 6.08 Å². The molecule has 2 rings (SSSR count). The third-order valence-electron chi connectivity index (χ3n) is 2.56. The van der Waals surface area contributed by atoms with Crippen LogP contribution in [0, 0.1) is 11.3 Å². The van der Waals surface area contributed by atoms with E-state index in [9.17, 15) is 4.79 Å². The van der Waals surface area contributed by atoms with E-state index < -0.39 is 5.91 Å². The van der Waals surface area contributed by atoms with Crippen molar-refractivity contribution in [3.63, 3.8) is 0 Å². The van der Waals surface area contributed by atoms with Gasteiger partial charge in [-0.15, -0.1) is 6.58 Å². The molecule has 0 fully saturated rings. The molecule has 0 saturated carbocycles. The Hall–Kier alpha value is -2.26. The maximum atomic E-state index is 11.8. The molecule has 1 aromatic carbocycles. The van der Waals surface area contributed by atoms with Crippen molar-refractivity contribution in [2.75, 3.05) is 13.3 Å². The van der Waals surface area contributed by atoms with Gasteiger partial charge in [-0.25, -0.2) is 0 Å². The molecular weight excluding hydrogens is 324 g/mol. The van der Waals surface area contributed by atoms with Gasteiger partial charge in [0.2, 0.25) is 6.79 Å². The summed E-state index contributed by atoms with van der Waals surface area (Å²) < 4.78 is 11.2. The monoisotopic (exact) mass is 334 g/mol. The number of rotatable bonds is 4. The molecule has 5 nitrogen and oxygen atoms in total. The highest BCUT2D eigenvalue weighted by Crippen LogP contribution is 2.37. The summed E-state index contributed by atoms with van der Waals surface area (Å²) >= 11 is 3.37. The van der Waals surface area contributed by atoms with Gasteiger partial charge in [-0.05, 0) is 23.8 Å². The largest absolute Gasteiger partial charge is 0.454 e. The summed E-state index contributed by atoms with van der Waals surface area (Å²) in [5.74, 6) is 0.767. The van der Waals surface area contributed by atoms with Crippen LogP contribution in [0.4, 0.5) is 0 Å². The lowest BCUT2D eigenvalue weighted by Crippen LogP contribution is -2.24. The van der Waals surface area contributed by atoms with Crippen molar-refractivity contribution in [2.24, 2.45) is 0 Å². The van der Waals surface area contributed by atoms with Gasteiger partial charge < -0.3 is 14.8 Å². The van der Waals surface area contributed by atoms with Gasteiger partial charge in [-0.2, -0.15) is 5.26 Å². The number of amides is 1. The molecule has 0 atom stereocenters. The molecule has 0 saturated heterocycles. The van der Waals surface area contributed by atoms with Gasteiger partial charge in [-0.3, -0.25) is 4.79 Å². The van der Waals surface area contributed by atoms with E-state index in [0.717, 1.165) is 0 Å². The molecule has 1 aliphatic heterocycles. The standard InChI is InChI=1S/C14H11BrN2O3/c1-2-3-17-14(18)10(7-16)4-9-5-12-13(6-11(9)15)20-8-19-12/h2,4-6H,1,3,8H2,(H,17,18)/b10-4+. The van der Waals surface area contributed by atoms with Crippen molar-refractivity contribution >= 4 is 27.9 Å². The van der Waals surface area contributed by atoms with E-state index in [-0.39, 0.29) is 12.4 Å². The fourth-order valence-corrected chi connectivity index (χ4v) is 2.04. The molecular formula is C14H11BrN2O3. The highest BCUT2D eigenvalue weighted by atomic mass is 79.9. The van der Waals surface area contributed by atoms with Crippen LogP contribution in [0.1, 0.15) is 5.56 Å². The Kier molecular flexibility index (Phi) is 4.43. The summed E-state index contributed by atoms with van der Waals surface area (Å²) in [6, 6.07) is 5.33. The number of hydrogen-bond donors (Lipinski definition) is 1. The van der Waals surface area contributed by atoms with Crippen LogP contribution in [0.5, 0.6) is 11.5 Å². The molecule has 0 radical (unpaired) electrons. The first-order valence-electron chi connectivity index (χ1n) is 5.75. The summed E-state index contributed by atoms with van der Waals surface area (Å²) in [6.45, 7) is 3.97. The number of hydrogen-bond acceptors (Lipinski definition) is 4. The maximum Gasteiger partial charge on any atom is 0.262 e. The Morgan fingerprint density at radius 1 is 1.50 bits per heavy atom. The van der Waals surface area contributed by atoms with Crippen LogP contribution < -0.4 is 14.8 Å². The van der Waals surface area contributed by atoms with Crippen LogP contribution in [0.15, 0.2) is 34.8 Å². The summed E-state index contributed by atoms with van der Waals surface area (Å²) in [5.41, 5.74) is 0.672. The first kappa shape index (κ1) is 14.2. The number of fused-ring (bicyclic) bond motifs is 1. The van der Waals surface area contributed by atoms with E-state index in [1.54, 1.807) is 18.2 Å². The van der Waals surface area contributed by atoms with Gasteiger partial charge in [0.15, 0.2) is 11.5 Å². The van der Waals surface area contributed by atoms with Crippen molar-refractivity contribution < 1.29 is 14.3 Å². The first-order chi connectivity index (χ1) is 9.65. The summed E-state index contributed by atoms with van der Waals surface area (Å²) in [6.07, 6.45) is 3.04. The third-order valence-corrected chi connectivity index (χ3v) is 3.25. The molecule has 20 heavy (non-hydrogen) atoms. The lowest BCUT2D eigenvalue weighted by Gasteiger charge is -2.04.